The van der Waals surface area contributed by atoms with Gasteiger partial charge >= 0.3 is 6.94 Å². The Kier molecular flexibility index (Phi) is 3.62. The van der Waals surface area contributed by atoms with Crippen LogP contribution in [-0.2, 0) is 4.43 Å². The topological polar surface area (TPSA) is 9.23 Å². The minimum atomic E-state index is -2.44. The van der Waals surface area contributed by atoms with Crippen LogP contribution < -0.4 is 0 Å². The molecule has 44 valence electrons. The van der Waals surface area contributed by atoms with Crippen molar-refractivity contribution in [3.05, 3.63) is 0 Å². The van der Waals surface area contributed by atoms with Gasteiger partial charge in [-0.3, -0.25) is 0 Å². The molecule has 0 aliphatic rings. The predicted molar refractivity (Wildman–Crippen MR) is 35.2 cm³/mol. The van der Waals surface area contributed by atoms with Crippen LogP contribution in [0.15, 0.2) is 0 Å². The van der Waals surface area contributed by atoms with Crippen molar-refractivity contribution in [2.24, 2.45) is 0 Å². The van der Waals surface area contributed by atoms with Gasteiger partial charge in [0.05, 0.1) is 5.50 Å². The summed E-state index contributed by atoms with van der Waals surface area (Å²) in [4.78, 5) is 0. The van der Waals surface area contributed by atoms with Crippen molar-refractivity contribution in [2.75, 3.05) is 12.6 Å². The van der Waals surface area contributed by atoms with Gasteiger partial charge in [-0.2, -0.15) is 0 Å². The van der Waals surface area contributed by atoms with Crippen LogP contribution in [0.4, 0.5) is 0 Å². The molecule has 0 bridgehead atoms. The fourth-order valence-electron chi connectivity index (χ4n) is 0.0546. The summed E-state index contributed by atoms with van der Waals surface area (Å²) in [6.07, 6.45) is 0. The zero-order chi connectivity index (χ0) is 5.91. The van der Waals surface area contributed by atoms with Crippen molar-refractivity contribution in [1.29, 1.82) is 0 Å². The van der Waals surface area contributed by atoms with Crippen molar-refractivity contribution < 1.29 is 4.43 Å². The molecule has 0 aromatic heterocycles. The molecule has 7 heavy (non-hydrogen) atoms. The zero-order valence-electron chi connectivity index (χ0n) is 3.75. The molecule has 0 fully saturated rings. The van der Waals surface area contributed by atoms with Crippen LogP contribution >= 0.6 is 33.8 Å². The summed E-state index contributed by atoms with van der Waals surface area (Å²) < 4.78 is 4.62. The Morgan fingerprint density at radius 3 is 2.00 bits per heavy atom. The number of rotatable bonds is 2. The summed E-state index contributed by atoms with van der Waals surface area (Å²) in [7, 11) is 1.45. The Morgan fingerprint density at radius 1 is 1.57 bits per heavy atom. The van der Waals surface area contributed by atoms with Crippen LogP contribution in [0.1, 0.15) is 0 Å². The largest absolute Gasteiger partial charge is 0.404 e. The van der Waals surface area contributed by atoms with Crippen LogP contribution in [0.2, 0.25) is 0 Å². The second-order valence-corrected chi connectivity index (χ2v) is 7.97. The molecule has 0 aromatic carbocycles. The molecular weight excluding hydrogens is 174 g/mol. The van der Waals surface area contributed by atoms with Gasteiger partial charge in [0.2, 0.25) is 0 Å². The van der Waals surface area contributed by atoms with Crippen LogP contribution in [0, 0.1) is 0 Å². The Morgan fingerprint density at radius 2 is 2.00 bits per heavy atom. The van der Waals surface area contributed by atoms with Gasteiger partial charge in [-0.05, 0) is 0 Å². The lowest BCUT2D eigenvalue weighted by Gasteiger charge is -2.07. The van der Waals surface area contributed by atoms with Gasteiger partial charge in [0.15, 0.2) is 0 Å². The summed E-state index contributed by atoms with van der Waals surface area (Å²) in [5.74, 6) is 0. The van der Waals surface area contributed by atoms with E-state index in [9.17, 15) is 0 Å². The summed E-state index contributed by atoms with van der Waals surface area (Å²) in [5.41, 5.74) is 0.215. The molecule has 0 unspecified atom stereocenters. The molecule has 0 aliphatic carbocycles. The zero-order valence-corrected chi connectivity index (χ0v) is 7.02. The molecule has 0 aliphatic heterocycles. The van der Waals surface area contributed by atoms with Crippen LogP contribution in [0.3, 0.4) is 0 Å². The van der Waals surface area contributed by atoms with Crippen molar-refractivity contribution in [1.82, 2.24) is 0 Å². The van der Waals surface area contributed by atoms with E-state index >= 15 is 0 Å². The Hall–Kier alpha value is 1.05. The SMILES string of the molecule is CO[Si](Cl)(Cl)CCl. The Balaban J connectivity index is 3.36. The van der Waals surface area contributed by atoms with Crippen molar-refractivity contribution in [3.8, 4) is 0 Å². The second kappa shape index (κ2) is 3.15. The van der Waals surface area contributed by atoms with E-state index in [1.54, 1.807) is 0 Å². The molecule has 1 nitrogen and oxygen atoms in total. The molecular formula is C2H5Cl3OSi. The summed E-state index contributed by atoms with van der Waals surface area (Å²) in [6.45, 7) is -2.44. The van der Waals surface area contributed by atoms with Gasteiger partial charge in [0, 0.05) is 7.11 Å². The van der Waals surface area contributed by atoms with Gasteiger partial charge < -0.3 is 4.43 Å². The third kappa shape index (κ3) is 3.61. The lowest BCUT2D eigenvalue weighted by Crippen LogP contribution is -2.24. The highest BCUT2D eigenvalue weighted by molar-refractivity contribution is 7.43. The number of halogens is 3. The monoisotopic (exact) mass is 178 g/mol. The molecule has 0 saturated carbocycles. The predicted octanol–water partition coefficient (Wildman–Crippen LogP) is 1.83. The van der Waals surface area contributed by atoms with E-state index in [1.165, 1.54) is 7.11 Å². The van der Waals surface area contributed by atoms with E-state index in [4.69, 9.17) is 33.8 Å². The van der Waals surface area contributed by atoms with E-state index in [1.807, 2.05) is 0 Å². The molecule has 0 N–H and O–H groups in total. The van der Waals surface area contributed by atoms with Gasteiger partial charge in [0.25, 0.3) is 0 Å². The summed E-state index contributed by atoms with van der Waals surface area (Å²) in [5, 5.41) is 0. The Bertz CT molecular complexity index is 50.9. The molecule has 0 heterocycles. The fraction of sp³-hybridized carbons (Fsp3) is 1.00. The van der Waals surface area contributed by atoms with E-state index in [-0.39, 0.29) is 5.50 Å². The highest BCUT2D eigenvalue weighted by Crippen LogP contribution is 2.15. The van der Waals surface area contributed by atoms with E-state index in [2.05, 4.69) is 4.43 Å². The average Bonchev–Trinajstić information content (AvgIpc) is 1.68. The van der Waals surface area contributed by atoms with Gasteiger partial charge in [-0.1, -0.05) is 0 Å². The van der Waals surface area contributed by atoms with E-state index in [0.29, 0.717) is 0 Å². The fourth-order valence-corrected chi connectivity index (χ4v) is 0.491. The summed E-state index contributed by atoms with van der Waals surface area (Å²) in [6, 6.07) is 0. The molecule has 0 atom stereocenters. The Labute approximate surface area is 58.0 Å². The number of hydrogen-bond acceptors (Lipinski definition) is 1. The smallest absolute Gasteiger partial charge is 0.395 e. The van der Waals surface area contributed by atoms with Crippen molar-refractivity contribution >= 4 is 40.7 Å². The maximum atomic E-state index is 5.46. The first-order chi connectivity index (χ1) is 3.12. The molecule has 0 radical (unpaired) electrons. The molecule has 0 rings (SSSR count). The molecule has 0 aromatic rings. The van der Waals surface area contributed by atoms with Gasteiger partial charge in [-0.15, -0.1) is 33.8 Å². The second-order valence-electron chi connectivity index (χ2n) is 0.975. The summed E-state index contributed by atoms with van der Waals surface area (Å²) >= 11 is 16.2. The average molecular weight is 180 g/mol. The first kappa shape index (κ1) is 8.05. The molecule has 0 amide bonds. The number of alkyl halides is 1. The first-order valence-electron chi connectivity index (χ1n) is 1.61. The minimum absolute atomic E-state index is 0.215. The van der Waals surface area contributed by atoms with Crippen LogP contribution in [-0.4, -0.2) is 19.6 Å². The maximum Gasteiger partial charge on any atom is 0.404 e. The highest BCUT2D eigenvalue weighted by Gasteiger charge is 2.26. The molecule has 0 saturated heterocycles. The van der Waals surface area contributed by atoms with Gasteiger partial charge in [-0.25, -0.2) is 0 Å². The third-order valence-electron chi connectivity index (χ3n) is 0.454. The van der Waals surface area contributed by atoms with Crippen molar-refractivity contribution in [3.63, 3.8) is 0 Å². The minimum Gasteiger partial charge on any atom is -0.395 e. The van der Waals surface area contributed by atoms with E-state index in [0.717, 1.165) is 0 Å². The van der Waals surface area contributed by atoms with Crippen LogP contribution in [0.5, 0.6) is 0 Å². The third-order valence-corrected chi connectivity index (χ3v) is 5.04. The molecule has 5 heteroatoms. The van der Waals surface area contributed by atoms with Crippen LogP contribution in [0.25, 0.3) is 0 Å². The first-order valence-corrected chi connectivity index (χ1v) is 6.28. The standard InChI is InChI=1S/C2H5Cl3OSi/c1-6-7(4,5)2-3/h2H2,1H3. The lowest BCUT2D eigenvalue weighted by atomic mass is 11.8. The molecule has 0 spiro atoms. The van der Waals surface area contributed by atoms with E-state index < -0.39 is 6.94 Å². The maximum absolute atomic E-state index is 5.46. The van der Waals surface area contributed by atoms with Gasteiger partial charge in [0.1, 0.15) is 0 Å². The normalized spacial score (nSPS) is 12.0. The number of hydrogen-bond donors (Lipinski definition) is 0. The van der Waals surface area contributed by atoms with Crippen molar-refractivity contribution in [2.45, 2.75) is 0 Å². The quantitative estimate of drug-likeness (QED) is 0.357. The lowest BCUT2D eigenvalue weighted by molar-refractivity contribution is 0.432. The highest BCUT2D eigenvalue weighted by atomic mass is 35.7.